The van der Waals surface area contributed by atoms with Gasteiger partial charge in [-0.2, -0.15) is 5.10 Å². The Balaban J connectivity index is 2.69. The van der Waals surface area contributed by atoms with E-state index in [1.807, 2.05) is 0 Å². The summed E-state index contributed by atoms with van der Waals surface area (Å²) in [6.07, 6.45) is 8.01. The number of amides is 1. The molecule has 4 heteroatoms. The lowest BCUT2D eigenvalue weighted by Crippen LogP contribution is -2.19. The molecular weight excluding hydrogens is 192 g/mol. The van der Waals surface area contributed by atoms with E-state index < -0.39 is 0 Å². The zero-order valence-corrected chi connectivity index (χ0v) is 9.07. The maximum absolute atomic E-state index is 10.2. The van der Waals surface area contributed by atoms with E-state index in [2.05, 4.69) is 10.5 Å². The molecular formula is C11H18N2O2. The number of aliphatic hydroxyl groups is 1. The maximum Gasteiger partial charge on any atom is 0.227 e. The van der Waals surface area contributed by atoms with Crippen LogP contribution in [0, 0.1) is 5.92 Å². The van der Waals surface area contributed by atoms with Crippen molar-refractivity contribution >= 4 is 12.1 Å². The summed E-state index contributed by atoms with van der Waals surface area (Å²) in [6.45, 7) is 1.61. The van der Waals surface area contributed by atoms with E-state index >= 15 is 0 Å². The SMILES string of the molecule is C/C(O)=C\C(=N/NC=O)C1CCCCC1. The third kappa shape index (κ3) is 4.14. The number of nitrogens with zero attached hydrogens (tertiary/aromatic N) is 1. The summed E-state index contributed by atoms with van der Waals surface area (Å²) in [5.74, 6) is 0.598. The lowest BCUT2D eigenvalue weighted by atomic mass is 9.85. The Morgan fingerprint density at radius 2 is 2.07 bits per heavy atom. The molecule has 0 atom stereocenters. The first-order chi connectivity index (χ1) is 7.24. The fourth-order valence-electron chi connectivity index (χ4n) is 1.95. The van der Waals surface area contributed by atoms with Gasteiger partial charge in [0.25, 0.3) is 0 Å². The number of carbonyl (C=O) groups is 1. The maximum atomic E-state index is 10.2. The van der Waals surface area contributed by atoms with Crippen LogP contribution in [-0.2, 0) is 4.79 Å². The number of rotatable bonds is 4. The van der Waals surface area contributed by atoms with Gasteiger partial charge in [-0.05, 0) is 25.8 Å². The highest BCUT2D eigenvalue weighted by atomic mass is 16.3. The lowest BCUT2D eigenvalue weighted by Gasteiger charge is -2.21. The van der Waals surface area contributed by atoms with Gasteiger partial charge in [0.1, 0.15) is 0 Å². The van der Waals surface area contributed by atoms with Crippen LogP contribution in [0.4, 0.5) is 0 Å². The van der Waals surface area contributed by atoms with Gasteiger partial charge in [0.15, 0.2) is 0 Å². The van der Waals surface area contributed by atoms with Gasteiger partial charge in [-0.1, -0.05) is 19.3 Å². The van der Waals surface area contributed by atoms with Crippen molar-refractivity contribution in [1.29, 1.82) is 0 Å². The molecule has 1 saturated carbocycles. The number of carbonyl (C=O) groups excluding carboxylic acids is 1. The quantitative estimate of drug-likeness (QED) is 0.323. The molecule has 1 fully saturated rings. The van der Waals surface area contributed by atoms with E-state index in [1.54, 1.807) is 13.0 Å². The Bertz CT molecular complexity index is 262. The second-order valence-electron chi connectivity index (χ2n) is 3.90. The van der Waals surface area contributed by atoms with Gasteiger partial charge in [0.05, 0.1) is 11.5 Å². The first kappa shape index (κ1) is 11.8. The molecule has 15 heavy (non-hydrogen) atoms. The monoisotopic (exact) mass is 210 g/mol. The number of hydrogen-bond donors (Lipinski definition) is 2. The van der Waals surface area contributed by atoms with Gasteiger partial charge in [-0.15, -0.1) is 0 Å². The van der Waals surface area contributed by atoms with Crippen molar-refractivity contribution in [2.45, 2.75) is 39.0 Å². The Hall–Kier alpha value is -1.32. The molecule has 0 saturated heterocycles. The van der Waals surface area contributed by atoms with Gasteiger partial charge < -0.3 is 5.11 Å². The van der Waals surface area contributed by atoms with Gasteiger partial charge in [0.2, 0.25) is 6.41 Å². The number of nitrogens with one attached hydrogen (secondary N) is 1. The number of aliphatic hydroxyl groups excluding tert-OH is 1. The first-order valence-corrected chi connectivity index (χ1v) is 5.38. The van der Waals surface area contributed by atoms with E-state index in [0.29, 0.717) is 12.3 Å². The van der Waals surface area contributed by atoms with Crippen LogP contribution < -0.4 is 5.43 Å². The number of hydrogen-bond acceptors (Lipinski definition) is 3. The first-order valence-electron chi connectivity index (χ1n) is 5.38. The molecule has 1 aliphatic rings. The van der Waals surface area contributed by atoms with Crippen LogP contribution in [0.25, 0.3) is 0 Å². The molecule has 0 heterocycles. The van der Waals surface area contributed by atoms with E-state index in [4.69, 9.17) is 0 Å². The van der Waals surface area contributed by atoms with Crippen LogP contribution in [0.5, 0.6) is 0 Å². The van der Waals surface area contributed by atoms with Gasteiger partial charge in [-0.3, -0.25) is 4.79 Å². The van der Waals surface area contributed by atoms with Crippen LogP contribution in [0.2, 0.25) is 0 Å². The molecule has 0 aromatic heterocycles. The molecule has 4 nitrogen and oxygen atoms in total. The topological polar surface area (TPSA) is 61.7 Å². The Labute approximate surface area is 90.1 Å². The highest BCUT2D eigenvalue weighted by Crippen LogP contribution is 2.25. The average molecular weight is 210 g/mol. The van der Waals surface area contributed by atoms with Crippen LogP contribution in [-0.4, -0.2) is 17.2 Å². The summed E-state index contributed by atoms with van der Waals surface area (Å²) in [7, 11) is 0. The highest BCUT2D eigenvalue weighted by Gasteiger charge is 2.18. The van der Waals surface area contributed by atoms with Gasteiger partial charge >= 0.3 is 0 Å². The zero-order valence-electron chi connectivity index (χ0n) is 9.07. The molecule has 2 N–H and O–H groups in total. The minimum absolute atomic E-state index is 0.229. The zero-order chi connectivity index (χ0) is 11.1. The van der Waals surface area contributed by atoms with Crippen molar-refractivity contribution in [3.05, 3.63) is 11.8 Å². The summed E-state index contributed by atoms with van der Waals surface area (Å²) in [6, 6.07) is 0. The minimum atomic E-state index is 0.229. The molecule has 0 unspecified atom stereocenters. The van der Waals surface area contributed by atoms with Crippen LogP contribution >= 0.6 is 0 Å². The average Bonchev–Trinajstić information content (AvgIpc) is 2.25. The molecule has 0 aliphatic heterocycles. The van der Waals surface area contributed by atoms with Crippen molar-refractivity contribution in [2.75, 3.05) is 0 Å². The minimum Gasteiger partial charge on any atom is -0.513 e. The van der Waals surface area contributed by atoms with Crippen molar-refractivity contribution in [3.63, 3.8) is 0 Å². The highest BCUT2D eigenvalue weighted by molar-refractivity contribution is 5.97. The van der Waals surface area contributed by atoms with Crippen molar-refractivity contribution in [1.82, 2.24) is 5.43 Å². The third-order valence-electron chi connectivity index (χ3n) is 2.63. The number of hydrazone groups is 1. The normalized spacial score (nSPS) is 20.1. The Kier molecular flexibility index (Phi) is 4.87. The molecule has 1 amide bonds. The summed E-state index contributed by atoms with van der Waals surface area (Å²) < 4.78 is 0. The van der Waals surface area contributed by atoms with Crippen LogP contribution in [0.3, 0.4) is 0 Å². The molecule has 0 radical (unpaired) electrons. The van der Waals surface area contributed by atoms with Crippen molar-refractivity contribution in [2.24, 2.45) is 11.0 Å². The fourth-order valence-corrected chi connectivity index (χ4v) is 1.95. The molecule has 1 aliphatic carbocycles. The van der Waals surface area contributed by atoms with Crippen LogP contribution in [0.1, 0.15) is 39.0 Å². The van der Waals surface area contributed by atoms with E-state index in [-0.39, 0.29) is 5.76 Å². The largest absolute Gasteiger partial charge is 0.513 e. The predicted octanol–water partition coefficient (Wildman–Crippen LogP) is 2.13. The van der Waals surface area contributed by atoms with Gasteiger partial charge in [0, 0.05) is 5.92 Å². The fraction of sp³-hybridized carbons (Fsp3) is 0.636. The van der Waals surface area contributed by atoms with E-state index in [0.717, 1.165) is 18.6 Å². The van der Waals surface area contributed by atoms with Crippen LogP contribution in [0.15, 0.2) is 16.9 Å². The summed E-state index contributed by atoms with van der Waals surface area (Å²) in [4.78, 5) is 10.2. The third-order valence-corrected chi connectivity index (χ3v) is 2.63. The lowest BCUT2D eigenvalue weighted by molar-refractivity contribution is -0.109. The van der Waals surface area contributed by atoms with Crippen molar-refractivity contribution in [3.8, 4) is 0 Å². The summed E-state index contributed by atoms with van der Waals surface area (Å²) >= 11 is 0. The smallest absolute Gasteiger partial charge is 0.227 e. The second-order valence-corrected chi connectivity index (χ2v) is 3.90. The molecule has 0 aromatic carbocycles. The van der Waals surface area contributed by atoms with Gasteiger partial charge in [-0.25, -0.2) is 5.43 Å². The summed E-state index contributed by atoms with van der Waals surface area (Å²) in [5, 5.41) is 13.2. The van der Waals surface area contributed by atoms with E-state index in [9.17, 15) is 9.90 Å². The number of allylic oxidation sites excluding steroid dienone is 2. The Morgan fingerprint density at radius 1 is 1.40 bits per heavy atom. The second kappa shape index (κ2) is 6.22. The Morgan fingerprint density at radius 3 is 2.60 bits per heavy atom. The molecule has 0 aromatic rings. The van der Waals surface area contributed by atoms with Crippen molar-refractivity contribution < 1.29 is 9.90 Å². The molecule has 0 bridgehead atoms. The standard InChI is InChI=1S/C11H18N2O2/c1-9(15)7-11(13-12-8-14)10-5-3-2-4-6-10/h7-8,10,15H,2-6H2,1H3,(H,12,14)/b9-7+,13-11+. The summed E-state index contributed by atoms with van der Waals surface area (Å²) in [5.41, 5.74) is 3.08. The van der Waals surface area contributed by atoms with E-state index in [1.165, 1.54) is 19.3 Å². The molecule has 84 valence electrons. The predicted molar refractivity (Wildman–Crippen MR) is 59.6 cm³/mol. The molecule has 1 rings (SSSR count). The molecule has 0 spiro atoms.